The Balaban J connectivity index is 1.43. The second-order valence-corrected chi connectivity index (χ2v) is 7.30. The van der Waals surface area contributed by atoms with Gasteiger partial charge >= 0.3 is 0 Å². The van der Waals surface area contributed by atoms with Crippen LogP contribution < -0.4 is 10.9 Å². The van der Waals surface area contributed by atoms with Crippen molar-refractivity contribution >= 4 is 22.8 Å². The van der Waals surface area contributed by atoms with E-state index in [9.17, 15) is 9.59 Å². The van der Waals surface area contributed by atoms with Crippen molar-refractivity contribution in [2.75, 3.05) is 25.0 Å². The molecule has 1 fully saturated rings. The lowest BCUT2D eigenvalue weighted by Crippen LogP contribution is -2.27. The van der Waals surface area contributed by atoms with Crippen molar-refractivity contribution in [3.05, 3.63) is 57.6 Å². The second-order valence-electron chi connectivity index (χ2n) is 7.30. The van der Waals surface area contributed by atoms with E-state index in [-0.39, 0.29) is 11.5 Å². The number of hydrogen-bond donors (Lipinski definition) is 3. The summed E-state index contributed by atoms with van der Waals surface area (Å²) in [6.45, 7) is 4.29. The molecule has 1 amide bonds. The third kappa shape index (κ3) is 3.93. The third-order valence-electron chi connectivity index (χ3n) is 5.25. The fourth-order valence-electron chi connectivity index (χ4n) is 3.84. The maximum Gasteiger partial charge on any atom is 0.252 e. The minimum Gasteiger partial charge on any atom is -0.358 e. The average molecular weight is 379 g/mol. The minimum atomic E-state index is -0.167. The molecule has 1 aliphatic heterocycles. The molecule has 2 aromatic heterocycles. The van der Waals surface area contributed by atoms with E-state index in [1.54, 1.807) is 6.07 Å². The van der Waals surface area contributed by atoms with Gasteiger partial charge in [-0.1, -0.05) is 18.2 Å². The Hall–Kier alpha value is -3.09. The molecule has 0 unspecified atom stereocenters. The van der Waals surface area contributed by atoms with Crippen LogP contribution >= 0.6 is 0 Å². The number of hydrogen-bond acceptors (Lipinski definition) is 4. The maximum atomic E-state index is 12.1. The van der Waals surface area contributed by atoms with Crippen molar-refractivity contribution in [2.45, 2.75) is 32.6 Å². The maximum absolute atomic E-state index is 12.1. The Morgan fingerprint density at radius 3 is 2.89 bits per heavy atom. The molecular weight excluding hydrogens is 354 g/mol. The molecule has 1 aromatic carbocycles. The van der Waals surface area contributed by atoms with Crippen LogP contribution in [-0.4, -0.2) is 45.4 Å². The first-order valence-electron chi connectivity index (χ1n) is 9.78. The van der Waals surface area contributed by atoms with Gasteiger partial charge in [-0.15, -0.1) is 0 Å². The quantitative estimate of drug-likeness (QED) is 0.550. The predicted molar refractivity (Wildman–Crippen MR) is 110 cm³/mol. The Morgan fingerprint density at radius 1 is 1.21 bits per heavy atom. The van der Waals surface area contributed by atoms with Gasteiger partial charge < -0.3 is 15.2 Å². The van der Waals surface area contributed by atoms with Crippen LogP contribution in [0.1, 0.15) is 36.2 Å². The van der Waals surface area contributed by atoms with Gasteiger partial charge in [-0.3, -0.25) is 14.6 Å². The monoisotopic (exact) mass is 379 g/mol. The second kappa shape index (κ2) is 7.88. The van der Waals surface area contributed by atoms with Crippen LogP contribution in [0, 0.1) is 6.92 Å². The Morgan fingerprint density at radius 2 is 2.07 bits per heavy atom. The third-order valence-corrected chi connectivity index (χ3v) is 5.25. The highest BCUT2D eigenvalue weighted by molar-refractivity contribution is 5.84. The summed E-state index contributed by atoms with van der Waals surface area (Å²) in [4.78, 5) is 36.3. The van der Waals surface area contributed by atoms with Crippen LogP contribution in [0.5, 0.6) is 0 Å². The summed E-state index contributed by atoms with van der Waals surface area (Å²) >= 11 is 0. The summed E-state index contributed by atoms with van der Waals surface area (Å²) in [5, 5.41) is 4.34. The zero-order chi connectivity index (χ0) is 19.5. The van der Waals surface area contributed by atoms with E-state index < -0.39 is 0 Å². The number of rotatable bonds is 7. The number of aromatic nitrogens is 3. The summed E-state index contributed by atoms with van der Waals surface area (Å²) in [7, 11) is 0. The SMILES string of the molecule is Cc1[nH]c2ccccc2c1Cc1cc(=O)[nH]c(NCCCN2CCCC2=O)n1. The number of likely N-dealkylation sites (tertiary alicyclic amines) is 1. The number of carbonyl (C=O) groups excluding carboxylic acids is 1. The first kappa shape index (κ1) is 18.3. The molecule has 1 aliphatic rings. The number of aromatic amines is 2. The van der Waals surface area contributed by atoms with Gasteiger partial charge in [0.25, 0.3) is 5.56 Å². The van der Waals surface area contributed by atoms with Gasteiger partial charge in [0.1, 0.15) is 0 Å². The molecule has 0 atom stereocenters. The molecule has 7 heteroatoms. The van der Waals surface area contributed by atoms with Gasteiger partial charge in [-0.05, 0) is 31.4 Å². The summed E-state index contributed by atoms with van der Waals surface area (Å²) < 4.78 is 0. The van der Waals surface area contributed by atoms with E-state index in [0.29, 0.717) is 25.3 Å². The van der Waals surface area contributed by atoms with Crippen LogP contribution in [0.4, 0.5) is 5.95 Å². The molecule has 3 heterocycles. The van der Waals surface area contributed by atoms with Gasteiger partial charge in [0.2, 0.25) is 11.9 Å². The molecule has 0 saturated carbocycles. The molecule has 7 nitrogen and oxygen atoms in total. The number of carbonyl (C=O) groups is 1. The van der Waals surface area contributed by atoms with E-state index in [0.717, 1.165) is 53.8 Å². The van der Waals surface area contributed by atoms with Crippen LogP contribution in [0.2, 0.25) is 0 Å². The Bertz CT molecular complexity index is 1050. The van der Waals surface area contributed by atoms with Gasteiger partial charge in [-0.25, -0.2) is 4.98 Å². The summed E-state index contributed by atoms with van der Waals surface area (Å²) in [5.74, 6) is 0.718. The fraction of sp³-hybridized carbons (Fsp3) is 0.381. The normalized spacial score (nSPS) is 14.2. The first-order valence-corrected chi connectivity index (χ1v) is 9.78. The number of H-pyrrole nitrogens is 2. The molecule has 146 valence electrons. The molecule has 28 heavy (non-hydrogen) atoms. The molecular formula is C21H25N5O2. The van der Waals surface area contributed by atoms with E-state index in [1.807, 2.05) is 24.0 Å². The topological polar surface area (TPSA) is 93.9 Å². The summed E-state index contributed by atoms with van der Waals surface area (Å²) in [5.41, 5.74) is 3.91. The van der Waals surface area contributed by atoms with Crippen molar-refractivity contribution < 1.29 is 4.79 Å². The lowest BCUT2D eigenvalue weighted by molar-refractivity contribution is -0.127. The first-order chi connectivity index (χ1) is 13.6. The number of amides is 1. The lowest BCUT2D eigenvalue weighted by Gasteiger charge is -2.15. The highest BCUT2D eigenvalue weighted by atomic mass is 16.2. The lowest BCUT2D eigenvalue weighted by atomic mass is 10.1. The van der Waals surface area contributed by atoms with E-state index in [4.69, 9.17) is 0 Å². The number of fused-ring (bicyclic) bond motifs is 1. The van der Waals surface area contributed by atoms with Gasteiger partial charge in [-0.2, -0.15) is 0 Å². The Kier molecular flexibility index (Phi) is 5.14. The largest absolute Gasteiger partial charge is 0.358 e. The van der Waals surface area contributed by atoms with Gasteiger partial charge in [0.15, 0.2) is 0 Å². The van der Waals surface area contributed by atoms with E-state index >= 15 is 0 Å². The average Bonchev–Trinajstić information content (AvgIpc) is 3.21. The molecule has 0 spiro atoms. The van der Waals surface area contributed by atoms with Crippen molar-refractivity contribution in [1.29, 1.82) is 0 Å². The summed E-state index contributed by atoms with van der Waals surface area (Å²) in [6, 6.07) is 9.71. The van der Waals surface area contributed by atoms with Crippen molar-refractivity contribution in [3.63, 3.8) is 0 Å². The van der Waals surface area contributed by atoms with Crippen LogP contribution in [-0.2, 0) is 11.2 Å². The number of para-hydroxylation sites is 1. The van der Waals surface area contributed by atoms with E-state index in [2.05, 4.69) is 32.4 Å². The molecule has 1 saturated heterocycles. The van der Waals surface area contributed by atoms with Crippen LogP contribution in [0.25, 0.3) is 10.9 Å². The van der Waals surface area contributed by atoms with Crippen LogP contribution in [0.15, 0.2) is 35.1 Å². The van der Waals surface area contributed by atoms with Crippen LogP contribution in [0.3, 0.4) is 0 Å². The fourth-order valence-corrected chi connectivity index (χ4v) is 3.84. The number of benzene rings is 1. The Labute approximate surface area is 163 Å². The molecule has 0 radical (unpaired) electrons. The molecule has 0 aliphatic carbocycles. The van der Waals surface area contributed by atoms with Crippen molar-refractivity contribution in [1.82, 2.24) is 19.9 Å². The van der Waals surface area contributed by atoms with E-state index in [1.165, 1.54) is 0 Å². The van der Waals surface area contributed by atoms with Crippen molar-refractivity contribution in [3.8, 4) is 0 Å². The highest BCUT2D eigenvalue weighted by Crippen LogP contribution is 2.23. The highest BCUT2D eigenvalue weighted by Gasteiger charge is 2.19. The van der Waals surface area contributed by atoms with Crippen molar-refractivity contribution in [2.24, 2.45) is 0 Å². The van der Waals surface area contributed by atoms with Gasteiger partial charge in [0, 0.05) is 55.1 Å². The van der Waals surface area contributed by atoms with Gasteiger partial charge in [0.05, 0.1) is 5.69 Å². The smallest absolute Gasteiger partial charge is 0.252 e. The predicted octanol–water partition coefficient (Wildman–Crippen LogP) is 2.57. The number of nitrogens with zero attached hydrogens (tertiary/aromatic N) is 2. The standard InChI is InChI=1S/C21H25N5O2/c1-14-17(16-6-2-3-7-18(16)23-14)12-15-13-19(27)25-21(24-15)22-9-5-11-26-10-4-8-20(26)28/h2-3,6-7,13,23H,4-5,8-12H2,1H3,(H2,22,24,25,27). The molecule has 3 aromatic rings. The molecule has 3 N–H and O–H groups in total. The zero-order valence-electron chi connectivity index (χ0n) is 16.0. The summed E-state index contributed by atoms with van der Waals surface area (Å²) in [6.07, 6.45) is 3.03. The number of aryl methyl sites for hydroxylation is 1. The minimum absolute atomic E-state index is 0.167. The number of anilines is 1. The number of nitrogens with one attached hydrogen (secondary N) is 3. The zero-order valence-corrected chi connectivity index (χ0v) is 16.0. The molecule has 0 bridgehead atoms. The molecule has 4 rings (SSSR count).